The summed E-state index contributed by atoms with van der Waals surface area (Å²) in [6.45, 7) is 11.6. The number of morpholine rings is 1. The van der Waals surface area contributed by atoms with E-state index in [1.165, 1.54) is 11.3 Å². The van der Waals surface area contributed by atoms with Gasteiger partial charge in [0.15, 0.2) is 5.96 Å². The van der Waals surface area contributed by atoms with Crippen LogP contribution in [0.4, 0.5) is 5.69 Å². The summed E-state index contributed by atoms with van der Waals surface area (Å²) in [6, 6.07) is 6.38. The van der Waals surface area contributed by atoms with Gasteiger partial charge in [0.1, 0.15) is 0 Å². The third kappa shape index (κ3) is 6.45. The first-order valence-electron chi connectivity index (χ1n) is 9.13. The molecule has 0 aromatic heterocycles. The maximum Gasteiger partial charge on any atom is 0.191 e. The molecule has 1 aliphatic heterocycles. The highest BCUT2D eigenvalue weighted by atomic mass is 79.9. The van der Waals surface area contributed by atoms with E-state index in [2.05, 4.69) is 70.4 Å². The third-order valence-corrected chi connectivity index (χ3v) is 4.88. The standard InChI is InChI=1S/C19H31BrN4O2/c1-5-21-18(23-14-19(2,3)25-4)22-13-15-6-7-16(20)12-17(15)24-8-10-26-11-9-24/h6-7,12H,5,8-11,13-14H2,1-4H3,(H2,21,22,23). The lowest BCUT2D eigenvalue weighted by molar-refractivity contribution is 0.0268. The number of benzene rings is 1. The number of methoxy groups -OCH3 is 1. The van der Waals surface area contributed by atoms with Gasteiger partial charge in [0.25, 0.3) is 0 Å². The second kappa shape index (κ2) is 10.1. The normalized spacial score (nSPS) is 15.9. The number of nitrogens with one attached hydrogen (secondary N) is 2. The number of guanidine groups is 1. The van der Waals surface area contributed by atoms with Crippen LogP contribution in [-0.4, -0.2) is 58.1 Å². The van der Waals surface area contributed by atoms with Crippen molar-refractivity contribution in [3.05, 3.63) is 28.2 Å². The van der Waals surface area contributed by atoms with Gasteiger partial charge in [0.05, 0.1) is 25.4 Å². The average Bonchev–Trinajstić information content (AvgIpc) is 2.65. The SMILES string of the molecule is CCNC(=NCc1ccc(Br)cc1N1CCOCC1)NCC(C)(C)OC. The van der Waals surface area contributed by atoms with Gasteiger partial charge in [-0.05, 0) is 38.5 Å². The number of hydrogen-bond donors (Lipinski definition) is 2. The van der Waals surface area contributed by atoms with Crippen LogP contribution in [0.2, 0.25) is 0 Å². The van der Waals surface area contributed by atoms with Crippen molar-refractivity contribution in [2.24, 2.45) is 4.99 Å². The molecule has 2 rings (SSSR count). The Labute approximate surface area is 165 Å². The Balaban J connectivity index is 2.12. The molecule has 0 atom stereocenters. The van der Waals surface area contributed by atoms with Crippen molar-refractivity contribution in [1.29, 1.82) is 0 Å². The van der Waals surface area contributed by atoms with Crippen molar-refractivity contribution in [3.8, 4) is 0 Å². The molecule has 1 saturated heterocycles. The maximum atomic E-state index is 5.48. The Morgan fingerprint density at radius 1 is 1.31 bits per heavy atom. The number of hydrogen-bond acceptors (Lipinski definition) is 4. The van der Waals surface area contributed by atoms with E-state index >= 15 is 0 Å². The monoisotopic (exact) mass is 426 g/mol. The Morgan fingerprint density at radius 3 is 2.69 bits per heavy atom. The topological polar surface area (TPSA) is 58.1 Å². The average molecular weight is 427 g/mol. The second-order valence-electron chi connectivity index (χ2n) is 6.88. The van der Waals surface area contributed by atoms with Gasteiger partial charge >= 0.3 is 0 Å². The largest absolute Gasteiger partial charge is 0.378 e. The lowest BCUT2D eigenvalue weighted by Crippen LogP contribution is -2.45. The summed E-state index contributed by atoms with van der Waals surface area (Å²) < 4.78 is 12.0. The Bertz CT molecular complexity index is 601. The van der Waals surface area contributed by atoms with Gasteiger partial charge in [-0.3, -0.25) is 0 Å². The summed E-state index contributed by atoms with van der Waals surface area (Å²) in [5.74, 6) is 0.800. The molecule has 1 aliphatic rings. The van der Waals surface area contributed by atoms with Crippen LogP contribution < -0.4 is 15.5 Å². The highest BCUT2D eigenvalue weighted by Gasteiger charge is 2.17. The van der Waals surface area contributed by atoms with Gasteiger partial charge in [-0.2, -0.15) is 0 Å². The fourth-order valence-electron chi connectivity index (χ4n) is 2.64. The molecule has 1 aromatic rings. The van der Waals surface area contributed by atoms with Crippen molar-refractivity contribution in [1.82, 2.24) is 10.6 Å². The molecule has 146 valence electrons. The number of aliphatic imine (C=N–C) groups is 1. The zero-order valence-electron chi connectivity index (χ0n) is 16.3. The van der Waals surface area contributed by atoms with Crippen molar-refractivity contribution >= 4 is 27.6 Å². The molecule has 7 heteroatoms. The van der Waals surface area contributed by atoms with Crippen LogP contribution in [0.5, 0.6) is 0 Å². The fourth-order valence-corrected chi connectivity index (χ4v) is 2.99. The van der Waals surface area contributed by atoms with E-state index in [0.29, 0.717) is 13.1 Å². The Morgan fingerprint density at radius 2 is 2.04 bits per heavy atom. The lowest BCUT2D eigenvalue weighted by atomic mass is 10.1. The van der Waals surface area contributed by atoms with Gasteiger partial charge in [0.2, 0.25) is 0 Å². The molecule has 0 radical (unpaired) electrons. The zero-order valence-corrected chi connectivity index (χ0v) is 17.9. The molecule has 1 heterocycles. The minimum absolute atomic E-state index is 0.243. The van der Waals surface area contributed by atoms with E-state index < -0.39 is 0 Å². The molecule has 0 unspecified atom stereocenters. The molecule has 0 amide bonds. The molecular formula is C19H31BrN4O2. The van der Waals surface area contributed by atoms with Crippen molar-refractivity contribution in [2.45, 2.75) is 32.9 Å². The Hall–Kier alpha value is -1.31. The zero-order chi connectivity index (χ0) is 19.0. The maximum absolute atomic E-state index is 5.48. The minimum Gasteiger partial charge on any atom is -0.378 e. The van der Waals surface area contributed by atoms with Gasteiger partial charge in [-0.15, -0.1) is 0 Å². The molecule has 0 spiro atoms. The van der Waals surface area contributed by atoms with E-state index in [1.807, 2.05) is 0 Å². The van der Waals surface area contributed by atoms with Gasteiger partial charge in [0, 0.05) is 43.4 Å². The van der Waals surface area contributed by atoms with E-state index in [1.54, 1.807) is 7.11 Å². The molecule has 0 saturated carbocycles. The van der Waals surface area contributed by atoms with Crippen molar-refractivity contribution < 1.29 is 9.47 Å². The smallest absolute Gasteiger partial charge is 0.191 e. The summed E-state index contributed by atoms with van der Waals surface area (Å²) in [4.78, 5) is 7.14. The van der Waals surface area contributed by atoms with Gasteiger partial charge < -0.3 is 25.0 Å². The molecule has 2 N–H and O–H groups in total. The molecular weight excluding hydrogens is 396 g/mol. The first kappa shape index (κ1) is 21.0. The fraction of sp³-hybridized carbons (Fsp3) is 0.632. The van der Waals surface area contributed by atoms with E-state index in [9.17, 15) is 0 Å². The number of ether oxygens (including phenoxy) is 2. The molecule has 0 aliphatic carbocycles. The third-order valence-electron chi connectivity index (χ3n) is 4.38. The molecule has 1 fully saturated rings. The predicted molar refractivity (Wildman–Crippen MR) is 111 cm³/mol. The predicted octanol–water partition coefficient (Wildman–Crippen LogP) is 2.77. The summed E-state index contributed by atoms with van der Waals surface area (Å²) in [6.07, 6.45) is 0. The molecule has 26 heavy (non-hydrogen) atoms. The Kier molecular flexibility index (Phi) is 8.18. The van der Waals surface area contributed by atoms with Crippen LogP contribution in [-0.2, 0) is 16.0 Å². The van der Waals surface area contributed by atoms with Crippen LogP contribution >= 0.6 is 15.9 Å². The van der Waals surface area contributed by atoms with Crippen LogP contribution in [0.1, 0.15) is 26.3 Å². The minimum atomic E-state index is -0.243. The number of halogens is 1. The highest BCUT2D eigenvalue weighted by molar-refractivity contribution is 9.10. The van der Waals surface area contributed by atoms with Crippen LogP contribution in [0, 0.1) is 0 Å². The highest BCUT2D eigenvalue weighted by Crippen LogP contribution is 2.26. The van der Waals surface area contributed by atoms with Crippen LogP contribution in [0.3, 0.4) is 0 Å². The summed E-state index contributed by atoms with van der Waals surface area (Å²) >= 11 is 3.59. The molecule has 6 nitrogen and oxygen atoms in total. The number of nitrogens with zero attached hydrogens (tertiary/aromatic N) is 2. The van der Waals surface area contributed by atoms with Crippen molar-refractivity contribution in [3.63, 3.8) is 0 Å². The quantitative estimate of drug-likeness (QED) is 0.518. The van der Waals surface area contributed by atoms with Gasteiger partial charge in [-0.1, -0.05) is 22.0 Å². The van der Waals surface area contributed by atoms with Crippen LogP contribution in [0.25, 0.3) is 0 Å². The first-order valence-corrected chi connectivity index (χ1v) is 9.93. The first-order chi connectivity index (χ1) is 12.4. The van der Waals surface area contributed by atoms with Crippen molar-refractivity contribution in [2.75, 3.05) is 51.4 Å². The van der Waals surface area contributed by atoms with E-state index in [4.69, 9.17) is 14.5 Å². The van der Waals surface area contributed by atoms with Gasteiger partial charge in [-0.25, -0.2) is 4.99 Å². The van der Waals surface area contributed by atoms with Crippen LogP contribution in [0.15, 0.2) is 27.7 Å². The van der Waals surface area contributed by atoms with E-state index in [0.717, 1.165) is 43.3 Å². The molecule has 0 bridgehead atoms. The van der Waals surface area contributed by atoms with E-state index in [-0.39, 0.29) is 5.60 Å². The lowest BCUT2D eigenvalue weighted by Gasteiger charge is -2.30. The summed E-state index contributed by atoms with van der Waals surface area (Å²) in [5, 5.41) is 6.66. The summed E-state index contributed by atoms with van der Waals surface area (Å²) in [7, 11) is 1.72. The molecule has 1 aromatic carbocycles. The second-order valence-corrected chi connectivity index (χ2v) is 7.80. The number of anilines is 1. The summed E-state index contributed by atoms with van der Waals surface area (Å²) in [5.41, 5.74) is 2.19. The number of rotatable bonds is 7.